The van der Waals surface area contributed by atoms with Crippen LogP contribution in [0.4, 0.5) is 11.9 Å². The molecule has 0 aromatic carbocycles. The molecule has 3 heterocycles. The van der Waals surface area contributed by atoms with E-state index in [0.29, 0.717) is 24.0 Å². The lowest BCUT2D eigenvalue weighted by atomic mass is 9.76. The highest BCUT2D eigenvalue weighted by molar-refractivity contribution is 6.28. The fourth-order valence-corrected chi connectivity index (χ4v) is 7.91. The van der Waals surface area contributed by atoms with Gasteiger partial charge in [0.15, 0.2) is 0 Å². The van der Waals surface area contributed by atoms with Gasteiger partial charge in [0.25, 0.3) is 0 Å². The predicted molar refractivity (Wildman–Crippen MR) is 160 cm³/mol. The Morgan fingerprint density at radius 2 is 0.974 bits per heavy atom. The van der Waals surface area contributed by atoms with Crippen LogP contribution in [0.2, 0.25) is 5.28 Å². The van der Waals surface area contributed by atoms with E-state index in [1.165, 1.54) is 0 Å². The van der Waals surface area contributed by atoms with Gasteiger partial charge in [0.2, 0.25) is 17.2 Å². The van der Waals surface area contributed by atoms with Crippen molar-refractivity contribution in [2.75, 3.05) is 37.1 Å². The second kappa shape index (κ2) is 11.9. The van der Waals surface area contributed by atoms with Crippen molar-refractivity contribution in [1.82, 2.24) is 25.1 Å². The van der Waals surface area contributed by atoms with Gasteiger partial charge in [-0.2, -0.15) is 25.1 Å². The Morgan fingerprint density at radius 3 is 1.23 bits per heavy atom. The molecule has 2 fully saturated rings. The molecule has 0 atom stereocenters. The molecular formula is C29H54ClN7O2. The summed E-state index contributed by atoms with van der Waals surface area (Å²) in [6.45, 7) is 24.3. The lowest BCUT2D eigenvalue weighted by molar-refractivity contribution is -0.175. The first-order chi connectivity index (χ1) is 18.0. The summed E-state index contributed by atoms with van der Waals surface area (Å²) in [6.07, 6.45) is 5.80. The number of hydrogen-bond donors (Lipinski definition) is 0. The van der Waals surface area contributed by atoms with Gasteiger partial charge in [0, 0.05) is 47.3 Å². The number of rotatable bonds is 10. The maximum absolute atomic E-state index is 6.67. The molecule has 0 unspecified atom stereocenters. The Kier molecular flexibility index (Phi) is 9.86. The first-order valence-electron chi connectivity index (χ1n) is 14.7. The minimum absolute atomic E-state index is 0.226. The van der Waals surface area contributed by atoms with Crippen molar-refractivity contribution in [3.8, 4) is 0 Å². The van der Waals surface area contributed by atoms with Crippen molar-refractivity contribution >= 4 is 23.5 Å². The van der Waals surface area contributed by atoms with Crippen LogP contribution in [0.5, 0.6) is 0 Å². The van der Waals surface area contributed by atoms with Crippen molar-refractivity contribution in [3.05, 3.63) is 5.28 Å². The molecule has 0 saturated carbocycles. The van der Waals surface area contributed by atoms with Crippen LogP contribution in [0.15, 0.2) is 0 Å². The highest BCUT2D eigenvalue weighted by Crippen LogP contribution is 2.45. The summed E-state index contributed by atoms with van der Waals surface area (Å²) >= 11 is 6.67. The molecule has 9 nitrogen and oxygen atoms in total. The van der Waals surface area contributed by atoms with Crippen LogP contribution in [0, 0.1) is 0 Å². The van der Waals surface area contributed by atoms with E-state index < -0.39 is 0 Å². The third kappa shape index (κ3) is 6.80. The van der Waals surface area contributed by atoms with Gasteiger partial charge in [-0.1, -0.05) is 13.8 Å². The molecule has 0 N–H and O–H groups in total. The fourth-order valence-electron chi connectivity index (χ4n) is 7.76. The zero-order chi connectivity index (χ0) is 29.4. The van der Waals surface area contributed by atoms with Gasteiger partial charge in [0.1, 0.15) is 0 Å². The quantitative estimate of drug-likeness (QED) is 0.311. The van der Waals surface area contributed by atoms with Gasteiger partial charge in [-0.25, -0.2) is 0 Å². The van der Waals surface area contributed by atoms with E-state index >= 15 is 0 Å². The molecule has 1 aromatic heterocycles. The summed E-state index contributed by atoms with van der Waals surface area (Å²) in [6, 6.07) is 0.605. The van der Waals surface area contributed by atoms with Crippen molar-refractivity contribution in [3.63, 3.8) is 0 Å². The highest BCUT2D eigenvalue weighted by atomic mass is 35.5. The SMILES string of the molecule is CCCN(OC)C1CC(C)(C)N(c2nc(Cl)nc(N3C(C)(C)CC(N(CCC)OC)CC3(C)C)n2)C(C)(C)C1. The van der Waals surface area contributed by atoms with Crippen LogP contribution in [0.3, 0.4) is 0 Å². The lowest BCUT2D eigenvalue weighted by Crippen LogP contribution is -2.66. The van der Waals surface area contributed by atoms with E-state index in [9.17, 15) is 0 Å². The highest BCUT2D eigenvalue weighted by Gasteiger charge is 2.51. The summed E-state index contributed by atoms with van der Waals surface area (Å²) in [4.78, 5) is 30.9. The predicted octanol–water partition coefficient (Wildman–Crippen LogP) is 6.12. The molecule has 3 rings (SSSR count). The zero-order valence-corrected chi connectivity index (χ0v) is 27.4. The van der Waals surface area contributed by atoms with Gasteiger partial charge >= 0.3 is 0 Å². The molecule has 2 aliphatic rings. The van der Waals surface area contributed by atoms with Crippen LogP contribution >= 0.6 is 11.6 Å². The Bertz CT molecular complexity index is 863. The van der Waals surface area contributed by atoms with E-state index in [2.05, 4.69) is 89.2 Å². The minimum Gasteiger partial charge on any atom is -0.330 e. The summed E-state index contributed by atoms with van der Waals surface area (Å²) < 4.78 is 0. The maximum atomic E-state index is 6.67. The van der Waals surface area contributed by atoms with E-state index in [0.717, 1.165) is 51.6 Å². The minimum atomic E-state index is -0.226. The van der Waals surface area contributed by atoms with Crippen LogP contribution in [0.1, 0.15) is 108 Å². The monoisotopic (exact) mass is 567 g/mol. The zero-order valence-electron chi connectivity index (χ0n) is 26.6. The Labute approximate surface area is 242 Å². The maximum Gasteiger partial charge on any atom is 0.232 e. The van der Waals surface area contributed by atoms with E-state index in [1.807, 2.05) is 0 Å². The fraction of sp³-hybridized carbons (Fsp3) is 0.897. The average Bonchev–Trinajstić information content (AvgIpc) is 2.77. The van der Waals surface area contributed by atoms with Crippen molar-refractivity contribution in [2.45, 2.75) is 142 Å². The Balaban J connectivity index is 2.01. The molecule has 2 saturated heterocycles. The number of halogens is 1. The summed E-state index contributed by atoms with van der Waals surface area (Å²) in [5, 5.41) is 4.51. The number of anilines is 2. The molecule has 0 amide bonds. The molecule has 224 valence electrons. The van der Waals surface area contributed by atoms with Gasteiger partial charge < -0.3 is 19.5 Å². The van der Waals surface area contributed by atoms with Crippen LogP contribution in [0.25, 0.3) is 0 Å². The number of hydrogen-bond acceptors (Lipinski definition) is 9. The third-order valence-electron chi connectivity index (χ3n) is 8.52. The first-order valence-corrected chi connectivity index (χ1v) is 15.0. The number of nitrogens with zero attached hydrogens (tertiary/aromatic N) is 7. The van der Waals surface area contributed by atoms with E-state index in [4.69, 9.17) is 36.2 Å². The molecule has 0 bridgehead atoms. The lowest BCUT2D eigenvalue weighted by Gasteiger charge is -2.57. The van der Waals surface area contributed by atoms with Crippen molar-refractivity contribution < 1.29 is 9.68 Å². The smallest absolute Gasteiger partial charge is 0.232 e. The summed E-state index contributed by atoms with van der Waals surface area (Å²) in [7, 11) is 3.56. The van der Waals surface area contributed by atoms with Gasteiger partial charge in [-0.3, -0.25) is 0 Å². The Morgan fingerprint density at radius 1 is 0.667 bits per heavy atom. The summed E-state index contributed by atoms with van der Waals surface area (Å²) in [5.74, 6) is 1.27. The average molecular weight is 568 g/mol. The van der Waals surface area contributed by atoms with Crippen LogP contribution in [-0.2, 0) is 9.68 Å². The third-order valence-corrected chi connectivity index (χ3v) is 8.69. The van der Waals surface area contributed by atoms with E-state index in [1.54, 1.807) is 14.2 Å². The van der Waals surface area contributed by atoms with Gasteiger partial charge in [-0.05, 0) is 106 Å². The first kappa shape index (κ1) is 32.3. The largest absolute Gasteiger partial charge is 0.330 e. The molecule has 2 aliphatic heterocycles. The molecule has 1 aromatic rings. The number of aromatic nitrogens is 3. The molecular weight excluding hydrogens is 514 g/mol. The Hall–Kier alpha value is -1.26. The molecule has 39 heavy (non-hydrogen) atoms. The molecule has 0 spiro atoms. The molecule has 10 heteroatoms. The number of piperidine rings is 2. The van der Waals surface area contributed by atoms with Crippen LogP contribution < -0.4 is 9.80 Å². The van der Waals surface area contributed by atoms with Crippen molar-refractivity contribution in [1.29, 1.82) is 0 Å². The normalized spacial score (nSPS) is 23.2. The second-order valence-corrected chi connectivity index (χ2v) is 14.2. The van der Waals surface area contributed by atoms with Crippen LogP contribution in [-0.4, -0.2) is 86.6 Å². The standard InChI is InChI=1S/C29H54ClN7O2/c1-13-15-34(38-11)21-17-26(3,4)36(27(5,6)18-21)24-31-23(30)32-25(33-24)37-28(7,8)19-22(20-29(37,9)10)35(39-12)16-14-2/h21-22H,13-20H2,1-12H3. The topological polar surface area (TPSA) is 70.1 Å². The van der Waals surface area contributed by atoms with Gasteiger partial charge in [-0.15, -0.1) is 0 Å². The van der Waals surface area contributed by atoms with Gasteiger partial charge in [0.05, 0.1) is 14.2 Å². The summed E-state index contributed by atoms with van der Waals surface area (Å²) in [5.41, 5.74) is -0.905. The number of hydroxylamine groups is 4. The second-order valence-electron chi connectivity index (χ2n) is 13.9. The molecule has 0 radical (unpaired) electrons. The van der Waals surface area contributed by atoms with Crippen molar-refractivity contribution in [2.24, 2.45) is 0 Å². The molecule has 0 aliphatic carbocycles. The van der Waals surface area contributed by atoms with E-state index in [-0.39, 0.29) is 27.4 Å².